The number of ether oxygens (including phenoxy) is 1. The lowest BCUT2D eigenvalue weighted by molar-refractivity contribution is -0.168. The van der Waals surface area contributed by atoms with Gasteiger partial charge in [-0.1, -0.05) is 19.4 Å². The molecule has 5 rings (SSSR count). The smallest absolute Gasteiger partial charge is 0.306 e. The van der Waals surface area contributed by atoms with Crippen molar-refractivity contribution in [2.75, 3.05) is 0 Å². The van der Waals surface area contributed by atoms with E-state index in [1.807, 2.05) is 6.08 Å². The van der Waals surface area contributed by atoms with E-state index in [1.165, 1.54) is 31.3 Å². The molecule has 3 saturated carbocycles. The maximum atomic E-state index is 11.9. The van der Waals surface area contributed by atoms with Crippen LogP contribution in [0.4, 0.5) is 0 Å². The van der Waals surface area contributed by atoms with E-state index in [2.05, 4.69) is 13.8 Å². The zero-order valence-corrected chi connectivity index (χ0v) is 15.6. The summed E-state index contributed by atoms with van der Waals surface area (Å²) in [6.45, 7) is 4.86. The average Bonchev–Trinajstić information content (AvgIpc) is 3.10. The third kappa shape index (κ3) is 1.93. The molecule has 136 valence electrons. The third-order valence-corrected chi connectivity index (χ3v) is 9.29. The van der Waals surface area contributed by atoms with Crippen molar-refractivity contribution in [2.24, 2.45) is 28.6 Å². The van der Waals surface area contributed by atoms with E-state index in [0.29, 0.717) is 24.0 Å². The van der Waals surface area contributed by atoms with Gasteiger partial charge in [0.25, 0.3) is 0 Å². The summed E-state index contributed by atoms with van der Waals surface area (Å²) < 4.78 is 6.01. The molecule has 1 saturated heterocycles. The SMILES string of the molecule is C[C@]12CCC(=O)C=C1CC[C@@H]1[C@@H]2CC[C@@]2(C)[C@H]1CC[C@]21CCC(=O)O1. The second-order valence-electron chi connectivity index (χ2n) is 9.93. The molecule has 4 aliphatic carbocycles. The Morgan fingerprint density at radius 3 is 2.48 bits per heavy atom. The van der Waals surface area contributed by atoms with E-state index in [-0.39, 0.29) is 22.4 Å². The first kappa shape index (κ1) is 16.1. The monoisotopic (exact) mass is 342 g/mol. The largest absolute Gasteiger partial charge is 0.458 e. The fourth-order valence-corrected chi connectivity index (χ4v) is 7.85. The van der Waals surface area contributed by atoms with Crippen LogP contribution in [0.1, 0.15) is 78.1 Å². The molecule has 3 nitrogen and oxygen atoms in total. The Kier molecular flexibility index (Phi) is 3.21. The summed E-state index contributed by atoms with van der Waals surface area (Å²) in [5.74, 6) is 2.51. The Morgan fingerprint density at radius 1 is 0.920 bits per heavy atom. The first-order valence-electron chi connectivity index (χ1n) is 10.3. The average molecular weight is 342 g/mol. The number of allylic oxidation sites excluding steroid dienone is 1. The van der Waals surface area contributed by atoms with Gasteiger partial charge in [-0.2, -0.15) is 0 Å². The molecule has 0 N–H and O–H groups in total. The highest BCUT2D eigenvalue weighted by Gasteiger charge is 2.66. The third-order valence-electron chi connectivity index (χ3n) is 9.29. The number of hydrogen-bond acceptors (Lipinski definition) is 3. The Balaban J connectivity index is 1.49. The van der Waals surface area contributed by atoms with E-state index < -0.39 is 0 Å². The summed E-state index contributed by atoms with van der Waals surface area (Å²) in [7, 11) is 0. The minimum absolute atomic E-state index is 0.0237. The van der Waals surface area contributed by atoms with Crippen molar-refractivity contribution in [3.8, 4) is 0 Å². The van der Waals surface area contributed by atoms with Crippen LogP contribution >= 0.6 is 0 Å². The van der Waals surface area contributed by atoms with Crippen LogP contribution in [0.15, 0.2) is 11.6 Å². The topological polar surface area (TPSA) is 43.4 Å². The van der Waals surface area contributed by atoms with Crippen LogP contribution in [-0.4, -0.2) is 17.4 Å². The second kappa shape index (κ2) is 4.98. The van der Waals surface area contributed by atoms with Crippen molar-refractivity contribution in [1.82, 2.24) is 0 Å². The molecular weight excluding hydrogens is 312 g/mol. The van der Waals surface area contributed by atoms with Crippen LogP contribution in [0.3, 0.4) is 0 Å². The van der Waals surface area contributed by atoms with Gasteiger partial charge >= 0.3 is 5.97 Å². The zero-order chi connectivity index (χ0) is 17.4. The molecule has 25 heavy (non-hydrogen) atoms. The summed E-state index contributed by atoms with van der Waals surface area (Å²) in [4.78, 5) is 23.8. The summed E-state index contributed by atoms with van der Waals surface area (Å²) in [6, 6.07) is 0. The van der Waals surface area contributed by atoms with Crippen LogP contribution in [-0.2, 0) is 14.3 Å². The summed E-state index contributed by atoms with van der Waals surface area (Å²) in [5, 5.41) is 0. The predicted molar refractivity (Wildman–Crippen MR) is 94.8 cm³/mol. The van der Waals surface area contributed by atoms with E-state index in [1.54, 1.807) is 0 Å². The van der Waals surface area contributed by atoms with Crippen LogP contribution in [0, 0.1) is 28.6 Å². The molecule has 4 fully saturated rings. The molecule has 0 aromatic rings. The Morgan fingerprint density at radius 2 is 1.72 bits per heavy atom. The van der Waals surface area contributed by atoms with Crippen molar-refractivity contribution < 1.29 is 14.3 Å². The number of carbonyl (C=O) groups excluding carboxylic acids is 2. The van der Waals surface area contributed by atoms with Gasteiger partial charge in [-0.25, -0.2) is 0 Å². The summed E-state index contributed by atoms with van der Waals surface area (Å²) in [5.41, 5.74) is 1.68. The molecule has 5 aliphatic rings. The van der Waals surface area contributed by atoms with Crippen LogP contribution in [0.2, 0.25) is 0 Å². The van der Waals surface area contributed by atoms with Gasteiger partial charge < -0.3 is 4.74 Å². The predicted octanol–water partition coefficient (Wildman–Crippen LogP) is 4.59. The van der Waals surface area contributed by atoms with Crippen molar-refractivity contribution in [3.63, 3.8) is 0 Å². The molecule has 0 amide bonds. The maximum absolute atomic E-state index is 11.9. The van der Waals surface area contributed by atoms with Crippen LogP contribution in [0.5, 0.6) is 0 Å². The van der Waals surface area contributed by atoms with Gasteiger partial charge in [-0.15, -0.1) is 0 Å². The number of carbonyl (C=O) groups is 2. The van der Waals surface area contributed by atoms with E-state index in [4.69, 9.17) is 4.74 Å². The number of ketones is 1. The second-order valence-corrected chi connectivity index (χ2v) is 9.93. The molecule has 0 aromatic carbocycles. The van der Waals surface area contributed by atoms with Gasteiger partial charge in [-0.05, 0) is 80.6 Å². The van der Waals surface area contributed by atoms with Crippen LogP contribution in [0.25, 0.3) is 0 Å². The van der Waals surface area contributed by atoms with Crippen molar-refractivity contribution in [2.45, 2.75) is 83.7 Å². The first-order chi connectivity index (χ1) is 11.9. The van der Waals surface area contributed by atoms with Crippen molar-refractivity contribution >= 4 is 11.8 Å². The van der Waals surface area contributed by atoms with Gasteiger partial charge in [0, 0.05) is 18.3 Å². The lowest BCUT2D eigenvalue weighted by Gasteiger charge is -2.59. The summed E-state index contributed by atoms with van der Waals surface area (Å²) in [6.07, 6.45) is 12.3. The molecule has 1 spiro atoms. The Bertz CT molecular complexity index is 679. The molecule has 1 heterocycles. The quantitative estimate of drug-likeness (QED) is 0.605. The normalized spacial score (nSPS) is 51.6. The van der Waals surface area contributed by atoms with Gasteiger partial charge in [0.2, 0.25) is 0 Å². The minimum Gasteiger partial charge on any atom is -0.458 e. The van der Waals surface area contributed by atoms with E-state index in [9.17, 15) is 9.59 Å². The van der Waals surface area contributed by atoms with Gasteiger partial charge in [0.05, 0.1) is 0 Å². The highest BCUT2D eigenvalue weighted by molar-refractivity contribution is 5.91. The lowest BCUT2D eigenvalue weighted by Crippen LogP contribution is -2.54. The van der Waals surface area contributed by atoms with E-state index >= 15 is 0 Å². The minimum atomic E-state index is -0.167. The molecule has 0 bridgehead atoms. The first-order valence-corrected chi connectivity index (χ1v) is 10.3. The molecule has 0 unspecified atom stereocenters. The van der Waals surface area contributed by atoms with Gasteiger partial charge in [0.15, 0.2) is 5.78 Å². The molecule has 0 aromatic heterocycles. The van der Waals surface area contributed by atoms with Crippen LogP contribution < -0.4 is 0 Å². The van der Waals surface area contributed by atoms with Crippen molar-refractivity contribution in [1.29, 1.82) is 0 Å². The number of esters is 1. The standard InChI is InChI=1S/C22H30O3/c1-20-9-5-15(23)13-14(20)3-4-16-17(20)6-10-21(2)18(16)7-11-22(21)12-8-19(24)25-22/h13,16-18H,3-12H2,1-2H3/t16-,17+,18+,20+,21+,22+/m1/s1. The Labute approximate surface area is 150 Å². The summed E-state index contributed by atoms with van der Waals surface area (Å²) >= 11 is 0. The van der Waals surface area contributed by atoms with Gasteiger partial charge in [-0.3, -0.25) is 9.59 Å². The molecule has 3 heteroatoms. The molecule has 0 radical (unpaired) electrons. The molecule has 6 atom stereocenters. The fourth-order valence-electron chi connectivity index (χ4n) is 7.85. The fraction of sp³-hybridized carbons (Fsp3) is 0.818. The van der Waals surface area contributed by atoms with E-state index in [0.717, 1.165) is 38.0 Å². The van der Waals surface area contributed by atoms with Crippen molar-refractivity contribution in [3.05, 3.63) is 11.6 Å². The number of rotatable bonds is 0. The van der Waals surface area contributed by atoms with Gasteiger partial charge in [0.1, 0.15) is 5.60 Å². The molecule has 1 aliphatic heterocycles. The highest BCUT2D eigenvalue weighted by atomic mass is 16.6. The number of hydrogen-bond donors (Lipinski definition) is 0. The number of fused-ring (bicyclic) bond motifs is 6. The zero-order valence-electron chi connectivity index (χ0n) is 15.6. The maximum Gasteiger partial charge on any atom is 0.306 e. The molecular formula is C22H30O3. The lowest BCUT2D eigenvalue weighted by atomic mass is 9.46. The Hall–Kier alpha value is -1.12. The highest BCUT2D eigenvalue weighted by Crippen LogP contribution is 2.69.